The largest absolute Gasteiger partial charge is 0.392 e. The van der Waals surface area contributed by atoms with Gasteiger partial charge < -0.3 is 9.94 Å². The smallest absolute Gasteiger partial charge is 0.138 e. The quantitative estimate of drug-likeness (QED) is 0.781. The lowest BCUT2D eigenvalue weighted by Crippen LogP contribution is -2.38. The number of rotatable bonds is 1. The molecule has 1 aliphatic carbocycles. The van der Waals surface area contributed by atoms with Crippen LogP contribution in [0.25, 0.3) is 0 Å². The van der Waals surface area contributed by atoms with Gasteiger partial charge in [0.15, 0.2) is 0 Å². The van der Waals surface area contributed by atoms with Gasteiger partial charge >= 0.3 is 0 Å². The number of hydrogen-bond donors (Lipinski definition) is 1. The Labute approximate surface area is 94.7 Å². The van der Waals surface area contributed by atoms with Crippen molar-refractivity contribution in [2.45, 2.75) is 31.5 Å². The minimum atomic E-state index is -0.305. The standard InChI is InChI=1S/C13H15NO2/c15-10-7-4-8-11-12(10)13(14-16-11)9-5-2-1-3-6-9/h1-3,5-6,10-12,15H,4,7-8H2/t10-,11-,12+/m0/s1. The van der Waals surface area contributed by atoms with Crippen LogP contribution in [-0.4, -0.2) is 23.0 Å². The lowest BCUT2D eigenvalue weighted by molar-refractivity contribution is -0.0145. The first-order chi connectivity index (χ1) is 7.86. The Morgan fingerprint density at radius 2 is 2.00 bits per heavy atom. The van der Waals surface area contributed by atoms with Crippen LogP contribution in [0.4, 0.5) is 0 Å². The molecule has 0 amide bonds. The van der Waals surface area contributed by atoms with Crippen molar-refractivity contribution in [3.05, 3.63) is 35.9 Å². The minimum Gasteiger partial charge on any atom is -0.392 e. The molecule has 3 rings (SSSR count). The van der Waals surface area contributed by atoms with Gasteiger partial charge in [-0.05, 0) is 24.8 Å². The van der Waals surface area contributed by atoms with E-state index in [0.717, 1.165) is 30.5 Å². The van der Waals surface area contributed by atoms with Gasteiger partial charge in [0.2, 0.25) is 0 Å². The summed E-state index contributed by atoms with van der Waals surface area (Å²) in [6.07, 6.45) is 2.66. The van der Waals surface area contributed by atoms with E-state index in [2.05, 4.69) is 5.16 Å². The summed E-state index contributed by atoms with van der Waals surface area (Å²) in [6, 6.07) is 9.99. The van der Waals surface area contributed by atoms with Crippen molar-refractivity contribution in [3.63, 3.8) is 0 Å². The Morgan fingerprint density at radius 1 is 1.19 bits per heavy atom. The lowest BCUT2D eigenvalue weighted by Gasteiger charge is -2.28. The van der Waals surface area contributed by atoms with Gasteiger partial charge in [-0.25, -0.2) is 0 Å². The van der Waals surface area contributed by atoms with Gasteiger partial charge in [-0.3, -0.25) is 0 Å². The molecule has 84 valence electrons. The fraction of sp³-hybridized carbons (Fsp3) is 0.462. The first-order valence-corrected chi connectivity index (χ1v) is 5.83. The summed E-state index contributed by atoms with van der Waals surface area (Å²) >= 11 is 0. The van der Waals surface area contributed by atoms with Crippen molar-refractivity contribution in [2.75, 3.05) is 0 Å². The second kappa shape index (κ2) is 3.91. The summed E-state index contributed by atoms with van der Waals surface area (Å²) in [7, 11) is 0. The van der Waals surface area contributed by atoms with Crippen LogP contribution < -0.4 is 0 Å². The molecular weight excluding hydrogens is 202 g/mol. The van der Waals surface area contributed by atoms with Gasteiger partial charge in [-0.2, -0.15) is 0 Å². The molecule has 1 aliphatic heterocycles. The monoisotopic (exact) mass is 217 g/mol. The van der Waals surface area contributed by atoms with E-state index in [1.807, 2.05) is 30.3 Å². The molecule has 1 N–H and O–H groups in total. The highest BCUT2D eigenvalue weighted by Crippen LogP contribution is 2.34. The van der Waals surface area contributed by atoms with Gasteiger partial charge in [0, 0.05) is 0 Å². The zero-order valence-corrected chi connectivity index (χ0v) is 9.04. The Hall–Kier alpha value is -1.35. The SMILES string of the molecule is O[C@H]1CCC[C@@H]2ON=C(c3ccccc3)[C@@H]21. The maximum atomic E-state index is 10.1. The summed E-state index contributed by atoms with van der Waals surface area (Å²) in [5.41, 5.74) is 1.98. The van der Waals surface area contributed by atoms with Crippen LogP contribution in [0.2, 0.25) is 0 Å². The first-order valence-electron chi connectivity index (χ1n) is 5.83. The van der Waals surface area contributed by atoms with E-state index in [9.17, 15) is 5.11 Å². The molecule has 3 heteroatoms. The van der Waals surface area contributed by atoms with E-state index < -0.39 is 0 Å². The molecule has 2 aliphatic rings. The highest BCUT2D eigenvalue weighted by atomic mass is 16.6. The third kappa shape index (κ3) is 1.52. The molecule has 1 saturated carbocycles. The molecule has 0 unspecified atom stereocenters. The Kier molecular flexibility index (Phi) is 2.40. The van der Waals surface area contributed by atoms with E-state index >= 15 is 0 Å². The molecule has 3 atom stereocenters. The minimum absolute atomic E-state index is 0.0659. The van der Waals surface area contributed by atoms with Crippen LogP contribution in [0.5, 0.6) is 0 Å². The van der Waals surface area contributed by atoms with Crippen LogP contribution in [0.15, 0.2) is 35.5 Å². The van der Waals surface area contributed by atoms with E-state index in [4.69, 9.17) is 4.84 Å². The number of aliphatic hydroxyl groups excluding tert-OH is 1. The van der Waals surface area contributed by atoms with Crippen molar-refractivity contribution in [3.8, 4) is 0 Å². The zero-order chi connectivity index (χ0) is 11.0. The van der Waals surface area contributed by atoms with Crippen LogP contribution >= 0.6 is 0 Å². The molecule has 0 spiro atoms. The van der Waals surface area contributed by atoms with Crippen molar-refractivity contribution >= 4 is 5.71 Å². The van der Waals surface area contributed by atoms with Gasteiger partial charge in [-0.15, -0.1) is 0 Å². The molecule has 1 aromatic carbocycles. The molecule has 1 heterocycles. The fourth-order valence-corrected chi connectivity index (χ4v) is 2.65. The lowest BCUT2D eigenvalue weighted by atomic mass is 9.79. The maximum Gasteiger partial charge on any atom is 0.138 e. The summed E-state index contributed by atoms with van der Waals surface area (Å²) < 4.78 is 0. The van der Waals surface area contributed by atoms with E-state index in [0.29, 0.717) is 0 Å². The molecule has 0 saturated heterocycles. The maximum absolute atomic E-state index is 10.1. The van der Waals surface area contributed by atoms with Crippen molar-refractivity contribution in [1.29, 1.82) is 0 Å². The van der Waals surface area contributed by atoms with Crippen molar-refractivity contribution in [1.82, 2.24) is 0 Å². The highest BCUT2D eigenvalue weighted by Gasteiger charge is 2.42. The number of hydrogen-bond acceptors (Lipinski definition) is 3. The Bertz CT molecular complexity index is 402. The molecule has 0 aromatic heterocycles. The van der Waals surface area contributed by atoms with Gasteiger partial charge in [0.1, 0.15) is 6.10 Å². The van der Waals surface area contributed by atoms with Gasteiger partial charge in [0.05, 0.1) is 17.7 Å². The third-order valence-corrected chi connectivity index (χ3v) is 3.48. The molecule has 1 fully saturated rings. The average molecular weight is 217 g/mol. The summed E-state index contributed by atoms with van der Waals surface area (Å²) in [4.78, 5) is 5.42. The molecular formula is C13H15NO2. The first kappa shape index (κ1) is 9.85. The normalized spacial score (nSPS) is 32.8. The Morgan fingerprint density at radius 3 is 2.81 bits per heavy atom. The molecule has 0 bridgehead atoms. The second-order valence-electron chi connectivity index (χ2n) is 4.51. The summed E-state index contributed by atoms with van der Waals surface area (Å²) in [5.74, 6) is 0.0659. The Balaban J connectivity index is 1.92. The van der Waals surface area contributed by atoms with Crippen molar-refractivity contribution < 1.29 is 9.94 Å². The third-order valence-electron chi connectivity index (χ3n) is 3.48. The number of nitrogens with zero attached hydrogens (tertiary/aromatic N) is 1. The van der Waals surface area contributed by atoms with Crippen LogP contribution in [0.1, 0.15) is 24.8 Å². The van der Waals surface area contributed by atoms with Crippen LogP contribution in [0, 0.1) is 5.92 Å². The predicted molar refractivity (Wildman–Crippen MR) is 61.2 cm³/mol. The molecule has 1 aromatic rings. The second-order valence-corrected chi connectivity index (χ2v) is 4.51. The zero-order valence-electron chi connectivity index (χ0n) is 9.04. The van der Waals surface area contributed by atoms with Crippen LogP contribution in [-0.2, 0) is 4.84 Å². The number of aliphatic hydroxyl groups is 1. The summed E-state index contributed by atoms with van der Waals surface area (Å²) in [6.45, 7) is 0. The van der Waals surface area contributed by atoms with E-state index in [1.165, 1.54) is 0 Å². The van der Waals surface area contributed by atoms with Gasteiger partial charge in [-0.1, -0.05) is 35.5 Å². The fourth-order valence-electron chi connectivity index (χ4n) is 2.65. The van der Waals surface area contributed by atoms with Gasteiger partial charge in [0.25, 0.3) is 0 Å². The number of benzene rings is 1. The highest BCUT2D eigenvalue weighted by molar-refractivity contribution is 6.03. The van der Waals surface area contributed by atoms with Crippen LogP contribution in [0.3, 0.4) is 0 Å². The molecule has 0 radical (unpaired) electrons. The predicted octanol–water partition coefficient (Wildman–Crippen LogP) is 1.95. The van der Waals surface area contributed by atoms with E-state index in [1.54, 1.807) is 0 Å². The number of fused-ring (bicyclic) bond motifs is 1. The summed E-state index contributed by atoms with van der Waals surface area (Å²) in [5, 5.41) is 14.2. The van der Waals surface area contributed by atoms with Crippen molar-refractivity contribution in [2.24, 2.45) is 11.1 Å². The molecule has 16 heavy (non-hydrogen) atoms. The molecule has 3 nitrogen and oxygen atoms in total. The topological polar surface area (TPSA) is 41.8 Å². The van der Waals surface area contributed by atoms with E-state index in [-0.39, 0.29) is 18.1 Å². The average Bonchev–Trinajstić information content (AvgIpc) is 2.75. The number of oxime groups is 1.